The van der Waals surface area contributed by atoms with Crippen molar-refractivity contribution in [3.63, 3.8) is 0 Å². The van der Waals surface area contributed by atoms with Crippen LogP contribution in [0.25, 0.3) is 0 Å². The van der Waals surface area contributed by atoms with Gasteiger partial charge in [-0.3, -0.25) is 14.4 Å². The first-order valence-electron chi connectivity index (χ1n) is 13.6. The van der Waals surface area contributed by atoms with E-state index in [1.54, 1.807) is 6.07 Å². The number of carboxylic acids is 1. The van der Waals surface area contributed by atoms with Crippen molar-refractivity contribution in [3.05, 3.63) is 79.6 Å². The fraction of sp³-hybridized carbons (Fsp3) is 0.387. The number of allylic oxidation sites excluding steroid dienone is 4. The normalized spacial score (nSPS) is 17.6. The van der Waals surface area contributed by atoms with Gasteiger partial charge in [-0.25, -0.2) is 0 Å². The first kappa shape index (κ1) is 28.4. The lowest BCUT2D eigenvalue weighted by Crippen LogP contribution is -2.39. The van der Waals surface area contributed by atoms with Crippen LogP contribution in [0.1, 0.15) is 68.9 Å². The van der Waals surface area contributed by atoms with Gasteiger partial charge >= 0.3 is 5.97 Å². The first-order chi connectivity index (χ1) is 19.3. The van der Waals surface area contributed by atoms with Gasteiger partial charge in [0, 0.05) is 52.9 Å². The minimum absolute atomic E-state index is 0.00636. The Kier molecular flexibility index (Phi) is 8.66. The second-order valence-corrected chi connectivity index (χ2v) is 11.5. The van der Waals surface area contributed by atoms with Gasteiger partial charge in [-0.2, -0.15) is 0 Å². The number of ketones is 2. The Morgan fingerprint density at radius 2 is 1.70 bits per heavy atom. The summed E-state index contributed by atoms with van der Waals surface area (Å²) < 4.78 is 12.8. The highest BCUT2D eigenvalue weighted by Gasteiger charge is 2.43. The minimum Gasteiger partial charge on any atom is -0.490 e. The number of halogens is 2. The first-order valence-corrected chi connectivity index (χ1v) is 14.8. The second kappa shape index (κ2) is 12.2. The number of benzene rings is 2. The Morgan fingerprint density at radius 1 is 1.02 bits per heavy atom. The lowest BCUT2D eigenvalue weighted by atomic mass is 9.71. The molecular weight excluding hydrogens is 598 g/mol. The molecule has 0 unspecified atom stereocenters. The van der Waals surface area contributed by atoms with Crippen LogP contribution in [-0.2, 0) is 21.0 Å². The number of carbonyl (C=O) groups excluding carboxylic acids is 2. The van der Waals surface area contributed by atoms with Gasteiger partial charge in [-0.05, 0) is 83.9 Å². The van der Waals surface area contributed by atoms with Crippen molar-refractivity contribution in [2.24, 2.45) is 0 Å². The maximum absolute atomic E-state index is 13.5. The maximum Gasteiger partial charge on any atom is 0.305 e. The summed E-state index contributed by atoms with van der Waals surface area (Å²) in [7, 11) is 0. The highest BCUT2D eigenvalue weighted by Crippen LogP contribution is 2.51. The standard InChI is InChI=1S/C31H31BrClNO6/c1-2-39-26-16-19(15-21(32)31(26)40-17-18-6-3-7-20(33)14-18)28-29-22(8-4-10-24(29)35)34(13-12-27(37)38)23-9-5-11-25(36)30(23)28/h3,6-7,14-16,28H,2,4-5,8-13,17H2,1H3,(H,37,38). The van der Waals surface area contributed by atoms with E-state index in [1.165, 1.54) is 0 Å². The van der Waals surface area contributed by atoms with Gasteiger partial charge in [-0.15, -0.1) is 0 Å². The van der Waals surface area contributed by atoms with E-state index in [0.717, 1.165) is 22.5 Å². The lowest BCUT2D eigenvalue weighted by Gasteiger charge is -2.44. The van der Waals surface area contributed by atoms with Crippen LogP contribution in [-0.4, -0.2) is 40.7 Å². The zero-order valence-electron chi connectivity index (χ0n) is 22.3. The summed E-state index contributed by atoms with van der Waals surface area (Å²) in [6, 6.07) is 11.2. The smallest absolute Gasteiger partial charge is 0.305 e. The topological polar surface area (TPSA) is 93.1 Å². The van der Waals surface area contributed by atoms with Crippen LogP contribution in [0, 0.1) is 0 Å². The van der Waals surface area contributed by atoms with Crippen LogP contribution in [0.15, 0.2) is 63.4 Å². The molecule has 5 rings (SSSR count). The molecule has 0 atom stereocenters. The number of Topliss-reactive ketones (excluding diaryl/α,β-unsaturated/α-hetero) is 2. The number of carbonyl (C=O) groups is 3. The highest BCUT2D eigenvalue weighted by atomic mass is 79.9. The fourth-order valence-corrected chi connectivity index (χ4v) is 6.75. The molecular formula is C31H31BrClNO6. The maximum atomic E-state index is 13.5. The van der Waals surface area contributed by atoms with E-state index in [1.807, 2.05) is 42.2 Å². The summed E-state index contributed by atoms with van der Waals surface area (Å²) in [6.07, 6.45) is 3.48. The molecule has 0 fully saturated rings. The quantitative estimate of drug-likeness (QED) is 0.321. The zero-order valence-corrected chi connectivity index (χ0v) is 24.6. The summed E-state index contributed by atoms with van der Waals surface area (Å²) in [4.78, 5) is 40.5. The van der Waals surface area contributed by atoms with Crippen LogP contribution in [0.3, 0.4) is 0 Å². The van der Waals surface area contributed by atoms with Gasteiger partial charge < -0.3 is 19.5 Å². The van der Waals surface area contributed by atoms with Crippen LogP contribution in [0.2, 0.25) is 5.02 Å². The summed E-state index contributed by atoms with van der Waals surface area (Å²) in [5.41, 5.74) is 4.59. The molecule has 0 radical (unpaired) electrons. The predicted molar refractivity (Wildman–Crippen MR) is 155 cm³/mol. The van der Waals surface area contributed by atoms with Gasteiger partial charge in [0.25, 0.3) is 0 Å². The molecule has 0 aromatic heterocycles. The van der Waals surface area contributed by atoms with Crippen LogP contribution in [0.4, 0.5) is 0 Å². The van der Waals surface area contributed by atoms with Crippen LogP contribution >= 0.6 is 27.5 Å². The van der Waals surface area contributed by atoms with Crippen molar-refractivity contribution in [2.75, 3.05) is 13.2 Å². The summed E-state index contributed by atoms with van der Waals surface area (Å²) in [5, 5.41) is 10.0. The lowest BCUT2D eigenvalue weighted by molar-refractivity contribution is -0.137. The van der Waals surface area contributed by atoms with Gasteiger partial charge in [0.05, 0.1) is 17.5 Å². The average Bonchev–Trinajstić information content (AvgIpc) is 2.91. The Balaban J connectivity index is 1.60. The molecule has 2 aliphatic carbocycles. The molecule has 210 valence electrons. The molecule has 7 nitrogen and oxygen atoms in total. The fourth-order valence-electron chi connectivity index (χ4n) is 5.97. The highest BCUT2D eigenvalue weighted by molar-refractivity contribution is 9.10. The number of ether oxygens (including phenoxy) is 2. The van der Waals surface area contributed by atoms with Crippen molar-refractivity contribution in [3.8, 4) is 11.5 Å². The van der Waals surface area contributed by atoms with E-state index in [4.69, 9.17) is 21.1 Å². The monoisotopic (exact) mass is 627 g/mol. The Bertz CT molecular complexity index is 1390. The van der Waals surface area contributed by atoms with E-state index >= 15 is 0 Å². The molecule has 40 heavy (non-hydrogen) atoms. The van der Waals surface area contributed by atoms with Crippen LogP contribution in [0.5, 0.6) is 11.5 Å². The second-order valence-electron chi connectivity index (χ2n) is 10.2. The third-order valence-electron chi connectivity index (χ3n) is 7.57. The molecule has 0 saturated carbocycles. The molecule has 1 aliphatic heterocycles. The molecule has 0 saturated heterocycles. The SMILES string of the molecule is CCOc1cc(C2C3=C(CCCC3=O)N(CCC(=O)O)C3=C2C(=O)CCC3)cc(Br)c1OCc1cccc(Cl)c1. The molecule has 1 N–H and O–H groups in total. The molecule has 2 aromatic rings. The van der Waals surface area contributed by atoms with E-state index in [9.17, 15) is 19.5 Å². The van der Waals surface area contributed by atoms with E-state index in [-0.39, 0.29) is 31.1 Å². The number of nitrogens with zero attached hydrogens (tertiary/aromatic N) is 1. The number of aliphatic carboxylic acids is 1. The van der Waals surface area contributed by atoms with E-state index in [2.05, 4.69) is 15.9 Å². The predicted octanol–water partition coefficient (Wildman–Crippen LogP) is 6.97. The summed E-state index contributed by atoms with van der Waals surface area (Å²) >= 11 is 9.81. The van der Waals surface area contributed by atoms with Gasteiger partial charge in [0.2, 0.25) is 0 Å². The number of hydrogen-bond acceptors (Lipinski definition) is 6. The van der Waals surface area contributed by atoms with Crippen molar-refractivity contribution in [1.29, 1.82) is 0 Å². The third kappa shape index (κ3) is 5.70. The van der Waals surface area contributed by atoms with Gasteiger partial charge in [0.15, 0.2) is 23.1 Å². The molecule has 0 spiro atoms. The van der Waals surface area contributed by atoms with Crippen molar-refractivity contribution >= 4 is 45.1 Å². The van der Waals surface area contributed by atoms with Crippen molar-refractivity contribution in [2.45, 2.75) is 64.4 Å². The summed E-state index contributed by atoms with van der Waals surface area (Å²) in [5.74, 6) is -0.395. The largest absolute Gasteiger partial charge is 0.490 e. The molecule has 0 amide bonds. The average molecular weight is 629 g/mol. The summed E-state index contributed by atoms with van der Waals surface area (Å²) in [6.45, 7) is 2.81. The Hall–Kier alpha value is -3.10. The van der Waals surface area contributed by atoms with Crippen LogP contribution < -0.4 is 9.47 Å². The number of carboxylic acid groups (broad SMARTS) is 1. The molecule has 0 bridgehead atoms. The Morgan fingerprint density at radius 3 is 2.30 bits per heavy atom. The van der Waals surface area contributed by atoms with Gasteiger partial charge in [0.1, 0.15) is 6.61 Å². The van der Waals surface area contributed by atoms with Crippen molar-refractivity contribution < 1.29 is 29.0 Å². The third-order valence-corrected chi connectivity index (χ3v) is 8.40. The molecule has 3 aliphatic rings. The van der Waals surface area contributed by atoms with E-state index in [0.29, 0.717) is 77.3 Å². The zero-order chi connectivity index (χ0) is 28.4. The minimum atomic E-state index is -0.908. The van der Waals surface area contributed by atoms with Gasteiger partial charge in [-0.1, -0.05) is 23.7 Å². The van der Waals surface area contributed by atoms with Crippen molar-refractivity contribution in [1.82, 2.24) is 4.90 Å². The molecule has 2 aromatic carbocycles. The molecule has 1 heterocycles. The van der Waals surface area contributed by atoms with E-state index < -0.39 is 11.9 Å². The number of hydrogen-bond donors (Lipinski definition) is 1. The Labute approximate surface area is 246 Å². The number of rotatable bonds is 9. The molecule has 9 heteroatoms.